The number of non-ortho nitro benzene ring substituents is 1. The predicted molar refractivity (Wildman–Crippen MR) is 125 cm³/mol. The van der Waals surface area contributed by atoms with Crippen LogP contribution in [0.2, 0.25) is 0 Å². The van der Waals surface area contributed by atoms with E-state index in [0.29, 0.717) is 17.3 Å². The van der Waals surface area contributed by atoms with Gasteiger partial charge in [-0.2, -0.15) is 4.98 Å². The number of anilines is 1. The van der Waals surface area contributed by atoms with Gasteiger partial charge in [-0.15, -0.1) is 0 Å². The molecule has 3 rings (SSSR count). The van der Waals surface area contributed by atoms with Gasteiger partial charge in [0.15, 0.2) is 0 Å². The number of nitro groups is 1. The van der Waals surface area contributed by atoms with Crippen molar-refractivity contribution >= 4 is 29.0 Å². The van der Waals surface area contributed by atoms with Crippen LogP contribution in [0.1, 0.15) is 37.9 Å². The average molecular weight is 460 g/mol. The number of benzene rings is 1. The fourth-order valence-corrected chi connectivity index (χ4v) is 4.83. The molecule has 10 heteroatoms. The number of rotatable bonds is 11. The Balaban J connectivity index is 1.65. The van der Waals surface area contributed by atoms with E-state index >= 15 is 0 Å². The quantitative estimate of drug-likeness (QED) is 0.238. The maximum Gasteiger partial charge on any atom is 0.348 e. The summed E-state index contributed by atoms with van der Waals surface area (Å²) in [6.45, 7) is 7.86. The summed E-state index contributed by atoms with van der Waals surface area (Å²) < 4.78 is 1.80. The number of thioether (sulfide) groups is 1. The summed E-state index contributed by atoms with van der Waals surface area (Å²) in [5, 5.41) is 14.2. The summed E-state index contributed by atoms with van der Waals surface area (Å²) in [7, 11) is 0. The molecule has 0 radical (unpaired) electrons. The molecule has 1 aromatic heterocycles. The SMILES string of the molecule is CCN(CC)CCCn1c2c(c(SCC(=O)Nc3cccc([N+](=O)[O-])c3)nc1=O)CCC2. The van der Waals surface area contributed by atoms with Crippen LogP contribution in [0.5, 0.6) is 0 Å². The van der Waals surface area contributed by atoms with Crippen molar-refractivity contribution < 1.29 is 9.72 Å². The minimum atomic E-state index is -0.505. The Morgan fingerprint density at radius 2 is 2.09 bits per heavy atom. The molecule has 0 saturated carbocycles. The first-order valence-corrected chi connectivity index (χ1v) is 11.9. The lowest BCUT2D eigenvalue weighted by atomic mass is 10.2. The first-order chi connectivity index (χ1) is 15.4. The molecule has 0 unspecified atom stereocenters. The van der Waals surface area contributed by atoms with E-state index in [1.807, 2.05) is 0 Å². The fraction of sp³-hybridized carbons (Fsp3) is 0.500. The van der Waals surface area contributed by atoms with E-state index in [9.17, 15) is 19.7 Å². The first kappa shape index (κ1) is 23.9. The molecule has 172 valence electrons. The highest BCUT2D eigenvalue weighted by Crippen LogP contribution is 2.29. The Morgan fingerprint density at radius 3 is 2.81 bits per heavy atom. The molecule has 2 aromatic rings. The highest BCUT2D eigenvalue weighted by molar-refractivity contribution is 8.00. The van der Waals surface area contributed by atoms with E-state index in [1.165, 1.54) is 30.0 Å². The number of amides is 1. The van der Waals surface area contributed by atoms with E-state index < -0.39 is 4.92 Å². The van der Waals surface area contributed by atoms with Crippen LogP contribution in [-0.2, 0) is 24.2 Å². The highest BCUT2D eigenvalue weighted by atomic mass is 32.2. The Kier molecular flexibility index (Phi) is 8.40. The Hall–Kier alpha value is -2.72. The largest absolute Gasteiger partial charge is 0.348 e. The van der Waals surface area contributed by atoms with Crippen LogP contribution in [0.3, 0.4) is 0 Å². The molecule has 0 spiro atoms. The van der Waals surface area contributed by atoms with Crippen LogP contribution < -0.4 is 11.0 Å². The number of nitrogens with zero attached hydrogens (tertiary/aromatic N) is 4. The zero-order valence-corrected chi connectivity index (χ0v) is 19.3. The average Bonchev–Trinajstić information content (AvgIpc) is 3.27. The Bertz CT molecular complexity index is 1040. The van der Waals surface area contributed by atoms with Crippen molar-refractivity contribution in [3.05, 3.63) is 56.1 Å². The van der Waals surface area contributed by atoms with Gasteiger partial charge in [-0.3, -0.25) is 19.5 Å². The van der Waals surface area contributed by atoms with Crippen molar-refractivity contribution in [1.29, 1.82) is 0 Å². The van der Waals surface area contributed by atoms with Gasteiger partial charge in [-0.25, -0.2) is 4.79 Å². The number of hydrogen-bond acceptors (Lipinski definition) is 7. The van der Waals surface area contributed by atoms with E-state index in [2.05, 4.69) is 29.0 Å². The molecule has 1 aliphatic rings. The van der Waals surface area contributed by atoms with E-state index in [1.54, 1.807) is 10.6 Å². The summed E-state index contributed by atoms with van der Waals surface area (Å²) in [4.78, 5) is 42.1. The molecule has 9 nitrogen and oxygen atoms in total. The maximum absolute atomic E-state index is 12.7. The number of fused-ring (bicyclic) bond motifs is 1. The molecule has 0 atom stereocenters. The van der Waals surface area contributed by atoms with Crippen molar-refractivity contribution in [3.63, 3.8) is 0 Å². The highest BCUT2D eigenvalue weighted by Gasteiger charge is 2.22. The number of nitro benzene ring substituents is 1. The second-order valence-electron chi connectivity index (χ2n) is 7.65. The number of hydrogen-bond donors (Lipinski definition) is 1. The van der Waals surface area contributed by atoms with Crippen molar-refractivity contribution in [2.24, 2.45) is 0 Å². The van der Waals surface area contributed by atoms with Gasteiger partial charge in [0.2, 0.25) is 5.91 Å². The van der Waals surface area contributed by atoms with E-state index in [4.69, 9.17) is 0 Å². The van der Waals surface area contributed by atoms with Crippen LogP contribution in [-0.4, -0.2) is 50.7 Å². The molecule has 1 N–H and O–H groups in total. The minimum absolute atomic E-state index is 0.0769. The third-order valence-corrected chi connectivity index (χ3v) is 6.65. The molecule has 1 aromatic carbocycles. The van der Waals surface area contributed by atoms with Crippen LogP contribution in [0.25, 0.3) is 0 Å². The van der Waals surface area contributed by atoms with Gasteiger partial charge in [-0.05, 0) is 51.4 Å². The van der Waals surface area contributed by atoms with Crippen LogP contribution in [0.4, 0.5) is 11.4 Å². The molecule has 0 fully saturated rings. The number of carbonyl (C=O) groups is 1. The number of aromatic nitrogens is 2. The predicted octanol–water partition coefficient (Wildman–Crippen LogP) is 3.10. The molecular formula is C22H29N5O4S. The third-order valence-electron chi connectivity index (χ3n) is 5.63. The topological polar surface area (TPSA) is 110 Å². The lowest BCUT2D eigenvalue weighted by Gasteiger charge is -2.19. The molecule has 32 heavy (non-hydrogen) atoms. The van der Waals surface area contributed by atoms with Crippen LogP contribution in [0.15, 0.2) is 34.1 Å². The smallest absolute Gasteiger partial charge is 0.325 e. The van der Waals surface area contributed by atoms with Gasteiger partial charge >= 0.3 is 5.69 Å². The number of carbonyl (C=O) groups excluding carboxylic acids is 1. The molecule has 0 bridgehead atoms. The van der Waals surface area contributed by atoms with Crippen LogP contribution >= 0.6 is 11.8 Å². The van der Waals surface area contributed by atoms with Crippen molar-refractivity contribution in [2.45, 2.75) is 51.1 Å². The zero-order valence-electron chi connectivity index (χ0n) is 18.5. The van der Waals surface area contributed by atoms with Crippen LogP contribution in [0, 0.1) is 10.1 Å². The lowest BCUT2D eigenvalue weighted by Crippen LogP contribution is -2.30. The van der Waals surface area contributed by atoms with Crippen molar-refractivity contribution in [2.75, 3.05) is 30.7 Å². The second-order valence-corrected chi connectivity index (χ2v) is 8.62. The summed E-state index contributed by atoms with van der Waals surface area (Å²) in [5.74, 6) is -0.222. The first-order valence-electron chi connectivity index (χ1n) is 10.9. The summed E-state index contributed by atoms with van der Waals surface area (Å²) >= 11 is 1.24. The monoisotopic (exact) mass is 459 g/mol. The fourth-order valence-electron chi connectivity index (χ4n) is 3.96. The molecule has 1 heterocycles. The van der Waals surface area contributed by atoms with Gasteiger partial charge in [0.25, 0.3) is 5.69 Å². The lowest BCUT2D eigenvalue weighted by molar-refractivity contribution is -0.384. The minimum Gasteiger partial charge on any atom is -0.325 e. The summed E-state index contributed by atoms with van der Waals surface area (Å²) in [6.07, 6.45) is 3.58. The standard InChI is InChI=1S/C22H29N5O4S/c1-3-25(4-2)12-7-13-26-19-11-6-10-18(19)21(24-22(26)29)32-15-20(28)23-16-8-5-9-17(14-16)27(30)31/h5,8-9,14H,3-4,6-7,10-13,15H2,1-2H3,(H,23,28). The van der Waals surface area contributed by atoms with Gasteiger partial charge < -0.3 is 10.2 Å². The van der Waals surface area contributed by atoms with Gasteiger partial charge in [-0.1, -0.05) is 31.7 Å². The molecule has 1 aliphatic carbocycles. The normalized spacial score (nSPS) is 12.7. The third kappa shape index (κ3) is 5.95. The van der Waals surface area contributed by atoms with Crippen molar-refractivity contribution in [1.82, 2.24) is 14.5 Å². The second kappa shape index (κ2) is 11.2. The zero-order chi connectivity index (χ0) is 23.1. The van der Waals surface area contributed by atoms with Gasteiger partial charge in [0.1, 0.15) is 5.03 Å². The maximum atomic E-state index is 12.7. The molecule has 0 aliphatic heterocycles. The molecular weight excluding hydrogens is 430 g/mol. The molecule has 0 saturated heterocycles. The number of nitrogens with one attached hydrogen (secondary N) is 1. The summed E-state index contributed by atoms with van der Waals surface area (Å²) in [5.41, 5.74) is 2.14. The van der Waals surface area contributed by atoms with Crippen molar-refractivity contribution in [3.8, 4) is 0 Å². The van der Waals surface area contributed by atoms with E-state index in [0.717, 1.165) is 56.6 Å². The van der Waals surface area contributed by atoms with Gasteiger partial charge in [0, 0.05) is 35.6 Å². The summed E-state index contributed by atoms with van der Waals surface area (Å²) in [6, 6.07) is 5.81. The van der Waals surface area contributed by atoms with Gasteiger partial charge in [0.05, 0.1) is 10.7 Å². The Morgan fingerprint density at radius 1 is 1.31 bits per heavy atom. The Labute approximate surface area is 191 Å². The van der Waals surface area contributed by atoms with E-state index in [-0.39, 0.29) is 23.0 Å². The molecule has 1 amide bonds.